The Morgan fingerprint density at radius 1 is 1.45 bits per heavy atom. The van der Waals surface area contributed by atoms with E-state index in [1.54, 1.807) is 6.07 Å². The summed E-state index contributed by atoms with van der Waals surface area (Å²) in [5.41, 5.74) is 2.68. The number of nitrogen functional groups attached to an aromatic ring is 1. The lowest BCUT2D eigenvalue weighted by Gasteiger charge is -2.17. The minimum absolute atomic E-state index is 0.150. The van der Waals surface area contributed by atoms with Gasteiger partial charge in [-0.2, -0.15) is 13.2 Å². The van der Waals surface area contributed by atoms with Crippen molar-refractivity contribution in [1.82, 2.24) is 4.90 Å². The summed E-state index contributed by atoms with van der Waals surface area (Å²) in [5.74, 6) is 5.15. The zero-order chi connectivity index (χ0) is 15.3. The van der Waals surface area contributed by atoms with Gasteiger partial charge in [0.25, 0.3) is 5.69 Å². The van der Waals surface area contributed by atoms with Crippen molar-refractivity contribution < 1.29 is 18.1 Å². The molecule has 0 aliphatic heterocycles. The molecule has 0 saturated carbocycles. The number of nitro groups is 1. The van der Waals surface area contributed by atoms with Gasteiger partial charge in [0, 0.05) is 19.2 Å². The Balaban J connectivity index is 2.73. The molecule has 112 valence electrons. The van der Waals surface area contributed by atoms with Crippen LogP contribution in [0.5, 0.6) is 0 Å². The largest absolute Gasteiger partial charge is 0.390 e. The van der Waals surface area contributed by atoms with Crippen LogP contribution in [0.15, 0.2) is 18.2 Å². The maximum Gasteiger partial charge on any atom is 0.390 e. The predicted octanol–water partition coefficient (Wildman–Crippen LogP) is 2.26. The van der Waals surface area contributed by atoms with Gasteiger partial charge < -0.3 is 10.3 Å². The van der Waals surface area contributed by atoms with Gasteiger partial charge in [-0.3, -0.25) is 16.0 Å². The van der Waals surface area contributed by atoms with Gasteiger partial charge in [-0.1, -0.05) is 6.07 Å². The summed E-state index contributed by atoms with van der Waals surface area (Å²) in [6.45, 7) is 0.00988. The van der Waals surface area contributed by atoms with Crippen molar-refractivity contribution in [1.29, 1.82) is 0 Å². The summed E-state index contributed by atoms with van der Waals surface area (Å²) in [4.78, 5) is 11.7. The smallest absolute Gasteiger partial charge is 0.318 e. The number of hydrazine groups is 1. The molecule has 0 saturated heterocycles. The van der Waals surface area contributed by atoms with Crippen LogP contribution in [0.1, 0.15) is 12.0 Å². The first kappa shape index (κ1) is 16.2. The number of benzene rings is 1. The van der Waals surface area contributed by atoms with E-state index < -0.39 is 17.5 Å². The van der Waals surface area contributed by atoms with Crippen molar-refractivity contribution in [2.75, 3.05) is 19.0 Å². The van der Waals surface area contributed by atoms with Crippen LogP contribution in [0.25, 0.3) is 0 Å². The van der Waals surface area contributed by atoms with Gasteiger partial charge in [-0.05, 0) is 18.7 Å². The third kappa shape index (κ3) is 5.02. The Morgan fingerprint density at radius 2 is 2.10 bits per heavy atom. The summed E-state index contributed by atoms with van der Waals surface area (Å²) in [6, 6.07) is 4.29. The normalized spacial score (nSPS) is 11.7. The van der Waals surface area contributed by atoms with E-state index in [0.717, 1.165) is 0 Å². The average molecular weight is 292 g/mol. The first-order valence-electron chi connectivity index (χ1n) is 5.72. The van der Waals surface area contributed by atoms with Gasteiger partial charge in [0.05, 0.1) is 11.3 Å². The highest BCUT2D eigenvalue weighted by Crippen LogP contribution is 2.25. The fraction of sp³-hybridized carbons (Fsp3) is 0.455. The molecule has 1 rings (SSSR count). The molecule has 0 spiro atoms. The van der Waals surface area contributed by atoms with E-state index in [-0.39, 0.29) is 24.5 Å². The molecule has 0 heterocycles. The molecule has 0 radical (unpaired) electrons. The fourth-order valence-electron chi connectivity index (χ4n) is 1.66. The zero-order valence-corrected chi connectivity index (χ0v) is 10.8. The maximum absolute atomic E-state index is 12.1. The monoisotopic (exact) mass is 292 g/mol. The van der Waals surface area contributed by atoms with E-state index in [1.165, 1.54) is 24.1 Å². The van der Waals surface area contributed by atoms with Gasteiger partial charge in [0.15, 0.2) is 0 Å². The topological polar surface area (TPSA) is 84.4 Å². The number of nitrogens with zero attached hydrogens (tertiary/aromatic N) is 2. The highest BCUT2D eigenvalue weighted by atomic mass is 19.4. The Morgan fingerprint density at radius 3 is 2.60 bits per heavy atom. The van der Waals surface area contributed by atoms with Crippen molar-refractivity contribution in [3.05, 3.63) is 33.9 Å². The molecule has 20 heavy (non-hydrogen) atoms. The summed E-state index contributed by atoms with van der Waals surface area (Å²) < 4.78 is 36.3. The molecule has 0 aliphatic rings. The van der Waals surface area contributed by atoms with E-state index >= 15 is 0 Å². The Hall–Kier alpha value is -1.87. The van der Waals surface area contributed by atoms with E-state index in [0.29, 0.717) is 5.56 Å². The number of nitrogens with two attached hydrogens (primary N) is 1. The number of anilines is 1. The number of nitro benzene ring substituents is 1. The van der Waals surface area contributed by atoms with Crippen LogP contribution in [-0.2, 0) is 6.54 Å². The summed E-state index contributed by atoms with van der Waals surface area (Å²) in [7, 11) is 1.52. The second-order valence-electron chi connectivity index (χ2n) is 4.36. The van der Waals surface area contributed by atoms with Crippen LogP contribution in [0.3, 0.4) is 0 Å². The molecule has 0 bridgehead atoms. The molecule has 0 aromatic heterocycles. The highest BCUT2D eigenvalue weighted by molar-refractivity contribution is 5.61. The number of nitrogens with one attached hydrogen (secondary N) is 1. The lowest BCUT2D eigenvalue weighted by Crippen LogP contribution is -2.24. The van der Waals surface area contributed by atoms with Crippen molar-refractivity contribution in [2.24, 2.45) is 5.84 Å². The molecule has 0 atom stereocenters. The van der Waals surface area contributed by atoms with E-state index in [9.17, 15) is 23.3 Å². The summed E-state index contributed by atoms with van der Waals surface area (Å²) in [6.07, 6.45) is -5.14. The van der Waals surface area contributed by atoms with Crippen molar-refractivity contribution in [3.8, 4) is 0 Å². The lowest BCUT2D eigenvalue weighted by atomic mass is 10.1. The molecule has 0 amide bonds. The summed E-state index contributed by atoms with van der Waals surface area (Å²) >= 11 is 0. The fourth-order valence-corrected chi connectivity index (χ4v) is 1.66. The molecule has 0 aliphatic carbocycles. The Bertz CT molecular complexity index is 479. The Labute approximate surface area is 113 Å². The van der Waals surface area contributed by atoms with Crippen LogP contribution in [-0.4, -0.2) is 29.6 Å². The third-order valence-electron chi connectivity index (χ3n) is 2.64. The van der Waals surface area contributed by atoms with Crippen LogP contribution in [0.4, 0.5) is 24.5 Å². The minimum Gasteiger partial charge on any atom is -0.318 e. The van der Waals surface area contributed by atoms with E-state index in [4.69, 9.17) is 5.84 Å². The maximum atomic E-state index is 12.1. The Kier molecular flexibility index (Phi) is 5.28. The quantitative estimate of drug-likeness (QED) is 0.477. The molecule has 0 unspecified atom stereocenters. The number of hydrogen-bond acceptors (Lipinski definition) is 5. The van der Waals surface area contributed by atoms with Crippen molar-refractivity contribution in [3.63, 3.8) is 0 Å². The van der Waals surface area contributed by atoms with Crippen LogP contribution in [0.2, 0.25) is 0 Å². The SMILES string of the molecule is CN(CCC(F)(F)F)Cc1ccc(NN)c([N+](=O)[O-])c1. The number of alkyl halides is 3. The minimum atomic E-state index is -4.21. The second kappa shape index (κ2) is 6.53. The first-order chi connectivity index (χ1) is 9.23. The standard InChI is InChI=1S/C11H15F3N4O2/c1-17(5-4-11(12,13)14)7-8-2-3-9(16-15)10(6-8)18(19)20/h2-3,6,16H,4-5,7,15H2,1H3. The number of rotatable bonds is 6. The van der Waals surface area contributed by atoms with Crippen molar-refractivity contribution in [2.45, 2.75) is 19.1 Å². The van der Waals surface area contributed by atoms with Gasteiger partial charge in [0.2, 0.25) is 0 Å². The van der Waals surface area contributed by atoms with E-state index in [2.05, 4.69) is 5.43 Å². The van der Waals surface area contributed by atoms with Gasteiger partial charge >= 0.3 is 6.18 Å². The molecule has 9 heteroatoms. The van der Waals surface area contributed by atoms with Crippen LogP contribution in [0, 0.1) is 10.1 Å². The molecule has 6 nitrogen and oxygen atoms in total. The van der Waals surface area contributed by atoms with E-state index in [1.807, 2.05) is 0 Å². The van der Waals surface area contributed by atoms with Gasteiger partial charge in [0.1, 0.15) is 5.69 Å². The molecule has 0 fully saturated rings. The second-order valence-corrected chi connectivity index (χ2v) is 4.36. The van der Waals surface area contributed by atoms with Crippen molar-refractivity contribution >= 4 is 11.4 Å². The third-order valence-corrected chi connectivity index (χ3v) is 2.64. The van der Waals surface area contributed by atoms with Crippen LogP contribution >= 0.6 is 0 Å². The molecule has 1 aromatic carbocycles. The predicted molar refractivity (Wildman–Crippen MR) is 67.9 cm³/mol. The first-order valence-corrected chi connectivity index (χ1v) is 5.72. The molecule has 3 N–H and O–H groups in total. The van der Waals surface area contributed by atoms with Gasteiger partial charge in [-0.25, -0.2) is 0 Å². The summed E-state index contributed by atoms with van der Waals surface area (Å²) in [5, 5.41) is 10.8. The number of hydrogen-bond donors (Lipinski definition) is 2. The average Bonchev–Trinajstić information content (AvgIpc) is 2.35. The molecule has 1 aromatic rings. The van der Waals surface area contributed by atoms with Gasteiger partial charge in [-0.15, -0.1) is 0 Å². The molecular weight excluding hydrogens is 277 g/mol. The lowest BCUT2D eigenvalue weighted by molar-refractivity contribution is -0.384. The zero-order valence-electron chi connectivity index (χ0n) is 10.8. The molecular formula is C11H15F3N4O2. The highest BCUT2D eigenvalue weighted by Gasteiger charge is 2.27. The van der Waals surface area contributed by atoms with Crippen LogP contribution < -0.4 is 11.3 Å². The number of halogens is 3.